The average molecular weight is 243 g/mol. The molecule has 0 spiro atoms. The zero-order valence-corrected chi connectivity index (χ0v) is 9.13. The van der Waals surface area contributed by atoms with Crippen molar-refractivity contribution in [3.63, 3.8) is 0 Å². The van der Waals surface area contributed by atoms with Crippen LogP contribution in [0.25, 0.3) is 0 Å². The van der Waals surface area contributed by atoms with Gasteiger partial charge in [0.15, 0.2) is 0 Å². The lowest BCUT2D eigenvalue weighted by Crippen LogP contribution is -2.04. The molecule has 0 saturated carbocycles. The van der Waals surface area contributed by atoms with Gasteiger partial charge < -0.3 is 5.11 Å². The van der Waals surface area contributed by atoms with E-state index in [-0.39, 0.29) is 0 Å². The molecule has 0 aromatic heterocycles. The lowest BCUT2D eigenvalue weighted by atomic mass is 10.1. The van der Waals surface area contributed by atoms with Crippen molar-refractivity contribution in [2.45, 2.75) is 18.7 Å². The lowest BCUT2D eigenvalue weighted by Gasteiger charge is -2.07. The van der Waals surface area contributed by atoms with Crippen LogP contribution in [0.15, 0.2) is 18.2 Å². The minimum absolute atomic E-state index is 0.605. The molecule has 1 atom stereocenters. The summed E-state index contributed by atoms with van der Waals surface area (Å²) in [6.45, 7) is 3.91. The SMILES string of the molecule is Cc1cc(C)cc(C(Br)C(=O)O)c1. The Labute approximate surface area is 85.7 Å². The van der Waals surface area contributed by atoms with E-state index in [4.69, 9.17) is 5.11 Å². The first kappa shape index (κ1) is 10.3. The zero-order valence-electron chi connectivity index (χ0n) is 7.54. The van der Waals surface area contributed by atoms with Gasteiger partial charge >= 0.3 is 5.97 Å². The molecule has 1 aromatic carbocycles. The molecule has 0 amide bonds. The van der Waals surface area contributed by atoms with Crippen molar-refractivity contribution in [3.05, 3.63) is 34.9 Å². The molecule has 0 saturated heterocycles. The summed E-state index contributed by atoms with van der Waals surface area (Å²) in [6, 6.07) is 5.77. The summed E-state index contributed by atoms with van der Waals surface area (Å²) >= 11 is 3.12. The largest absolute Gasteiger partial charge is 0.480 e. The summed E-state index contributed by atoms with van der Waals surface area (Å²) in [5.74, 6) is -0.856. The fourth-order valence-electron chi connectivity index (χ4n) is 1.30. The lowest BCUT2D eigenvalue weighted by molar-refractivity contribution is -0.136. The maximum atomic E-state index is 10.7. The molecule has 0 fully saturated rings. The molecule has 0 heterocycles. The minimum atomic E-state index is -0.856. The van der Waals surface area contributed by atoms with Crippen LogP contribution >= 0.6 is 15.9 Å². The second-order valence-electron chi connectivity index (χ2n) is 3.12. The number of hydrogen-bond acceptors (Lipinski definition) is 1. The average Bonchev–Trinajstić information content (AvgIpc) is 2.01. The number of carbonyl (C=O) groups is 1. The van der Waals surface area contributed by atoms with Crippen LogP contribution in [0.4, 0.5) is 0 Å². The first-order chi connectivity index (χ1) is 6.00. The van der Waals surface area contributed by atoms with Crippen molar-refractivity contribution in [1.29, 1.82) is 0 Å². The summed E-state index contributed by atoms with van der Waals surface area (Å²) in [6.07, 6.45) is 0. The Hall–Kier alpha value is -0.830. The maximum absolute atomic E-state index is 10.7. The molecule has 0 aliphatic heterocycles. The Balaban J connectivity index is 3.07. The van der Waals surface area contributed by atoms with E-state index >= 15 is 0 Å². The van der Waals surface area contributed by atoms with Crippen LogP contribution in [-0.2, 0) is 4.79 Å². The first-order valence-electron chi connectivity index (χ1n) is 3.96. The fourth-order valence-corrected chi connectivity index (χ4v) is 1.56. The standard InChI is InChI=1S/C10H11BrO2/c1-6-3-7(2)5-8(4-6)9(11)10(12)13/h3-5,9H,1-2H3,(H,12,13). The summed E-state index contributed by atoms with van der Waals surface area (Å²) in [7, 11) is 0. The van der Waals surface area contributed by atoms with E-state index in [2.05, 4.69) is 15.9 Å². The van der Waals surface area contributed by atoms with Crippen LogP contribution in [0.3, 0.4) is 0 Å². The summed E-state index contributed by atoms with van der Waals surface area (Å²) in [5.41, 5.74) is 2.96. The highest BCUT2D eigenvalue weighted by Crippen LogP contribution is 2.24. The van der Waals surface area contributed by atoms with Gasteiger partial charge in [-0.05, 0) is 19.4 Å². The van der Waals surface area contributed by atoms with Crippen LogP contribution in [0.5, 0.6) is 0 Å². The third-order valence-electron chi connectivity index (χ3n) is 1.75. The van der Waals surface area contributed by atoms with Gasteiger partial charge in [0, 0.05) is 0 Å². The van der Waals surface area contributed by atoms with E-state index < -0.39 is 10.8 Å². The van der Waals surface area contributed by atoms with E-state index in [1.165, 1.54) is 0 Å². The monoisotopic (exact) mass is 242 g/mol. The molecule has 0 radical (unpaired) electrons. The number of hydrogen-bond donors (Lipinski definition) is 1. The summed E-state index contributed by atoms with van der Waals surface area (Å²) < 4.78 is 0. The molecule has 0 bridgehead atoms. The molecule has 0 aliphatic carbocycles. The molecule has 13 heavy (non-hydrogen) atoms. The van der Waals surface area contributed by atoms with Crippen LogP contribution in [0.2, 0.25) is 0 Å². The van der Waals surface area contributed by atoms with Crippen LogP contribution in [-0.4, -0.2) is 11.1 Å². The quantitative estimate of drug-likeness (QED) is 0.811. The van der Waals surface area contributed by atoms with Gasteiger partial charge in [-0.15, -0.1) is 0 Å². The van der Waals surface area contributed by atoms with Crippen LogP contribution in [0, 0.1) is 13.8 Å². The first-order valence-corrected chi connectivity index (χ1v) is 4.87. The predicted molar refractivity (Wildman–Crippen MR) is 55.2 cm³/mol. The van der Waals surface area contributed by atoms with Gasteiger partial charge in [-0.1, -0.05) is 45.3 Å². The number of alkyl halides is 1. The van der Waals surface area contributed by atoms with Crippen molar-refractivity contribution in [2.75, 3.05) is 0 Å². The minimum Gasteiger partial charge on any atom is -0.480 e. The number of halogens is 1. The van der Waals surface area contributed by atoms with Gasteiger partial charge in [-0.2, -0.15) is 0 Å². The molecule has 0 aliphatic rings. The third kappa shape index (κ3) is 2.56. The van der Waals surface area contributed by atoms with Gasteiger partial charge in [-0.25, -0.2) is 0 Å². The third-order valence-corrected chi connectivity index (χ3v) is 2.67. The Kier molecular flexibility index (Phi) is 3.09. The van der Waals surface area contributed by atoms with E-state index in [9.17, 15) is 4.79 Å². The highest BCUT2D eigenvalue weighted by Gasteiger charge is 2.15. The van der Waals surface area contributed by atoms with Crippen molar-refractivity contribution >= 4 is 21.9 Å². The number of carboxylic acids is 1. The molecular weight excluding hydrogens is 232 g/mol. The van der Waals surface area contributed by atoms with E-state index in [1.54, 1.807) is 0 Å². The normalized spacial score (nSPS) is 12.5. The summed E-state index contributed by atoms with van der Waals surface area (Å²) in [4.78, 5) is 10.1. The number of aliphatic carboxylic acids is 1. The van der Waals surface area contributed by atoms with Gasteiger partial charge in [0.05, 0.1) is 0 Å². The Bertz CT molecular complexity index is 313. The number of carboxylic acid groups (broad SMARTS) is 1. The second kappa shape index (κ2) is 3.92. The van der Waals surface area contributed by atoms with E-state index in [0.717, 1.165) is 16.7 Å². The molecule has 1 unspecified atom stereocenters. The highest BCUT2D eigenvalue weighted by atomic mass is 79.9. The summed E-state index contributed by atoms with van der Waals surface area (Å²) in [5, 5.41) is 8.77. The Morgan fingerprint density at radius 3 is 2.15 bits per heavy atom. The Morgan fingerprint density at radius 1 is 1.31 bits per heavy atom. The number of rotatable bonds is 2. The van der Waals surface area contributed by atoms with E-state index in [1.807, 2.05) is 32.0 Å². The molecule has 1 rings (SSSR count). The van der Waals surface area contributed by atoms with Crippen LogP contribution < -0.4 is 0 Å². The van der Waals surface area contributed by atoms with Gasteiger partial charge in [0.1, 0.15) is 4.83 Å². The van der Waals surface area contributed by atoms with E-state index in [0.29, 0.717) is 0 Å². The zero-order chi connectivity index (χ0) is 10.0. The smallest absolute Gasteiger partial charge is 0.321 e. The predicted octanol–water partition coefficient (Wildman–Crippen LogP) is 2.82. The molecule has 1 aromatic rings. The van der Waals surface area contributed by atoms with Gasteiger partial charge in [-0.3, -0.25) is 4.79 Å². The molecule has 2 nitrogen and oxygen atoms in total. The molecule has 1 N–H and O–H groups in total. The number of aryl methyl sites for hydroxylation is 2. The van der Waals surface area contributed by atoms with Crippen molar-refractivity contribution < 1.29 is 9.90 Å². The highest BCUT2D eigenvalue weighted by molar-refractivity contribution is 9.09. The van der Waals surface area contributed by atoms with Crippen molar-refractivity contribution in [3.8, 4) is 0 Å². The molecule has 70 valence electrons. The van der Waals surface area contributed by atoms with Crippen LogP contribution in [0.1, 0.15) is 21.5 Å². The topological polar surface area (TPSA) is 37.3 Å². The molecule has 3 heteroatoms. The molecular formula is C10H11BrO2. The van der Waals surface area contributed by atoms with Crippen molar-refractivity contribution in [2.24, 2.45) is 0 Å². The second-order valence-corrected chi connectivity index (χ2v) is 4.04. The number of benzene rings is 1. The maximum Gasteiger partial charge on any atom is 0.321 e. The van der Waals surface area contributed by atoms with Crippen molar-refractivity contribution in [1.82, 2.24) is 0 Å². The fraction of sp³-hybridized carbons (Fsp3) is 0.300. The van der Waals surface area contributed by atoms with Gasteiger partial charge in [0.2, 0.25) is 0 Å². The van der Waals surface area contributed by atoms with Gasteiger partial charge in [0.25, 0.3) is 0 Å². The Morgan fingerprint density at radius 2 is 1.77 bits per heavy atom.